The highest BCUT2D eigenvalue weighted by atomic mass is 28.4. The number of rotatable bonds is 17. The molecule has 2 unspecified atom stereocenters. The molecule has 4 atom stereocenters. The van der Waals surface area contributed by atoms with E-state index in [-0.39, 0.29) is 5.04 Å². The van der Waals surface area contributed by atoms with E-state index in [2.05, 4.69) is 87.2 Å². The lowest BCUT2D eigenvalue weighted by atomic mass is 9.88. The summed E-state index contributed by atoms with van der Waals surface area (Å²) in [6.07, 6.45) is 15.0. The first-order valence-corrected chi connectivity index (χ1v) is 20.0. The van der Waals surface area contributed by atoms with E-state index in [1.54, 1.807) is 5.57 Å². The molecule has 0 spiro atoms. The summed E-state index contributed by atoms with van der Waals surface area (Å²) in [7, 11) is -3.41. The molecule has 0 N–H and O–H groups in total. The average molecular weight is 509 g/mol. The lowest BCUT2D eigenvalue weighted by Crippen LogP contribution is -2.45. The van der Waals surface area contributed by atoms with Crippen LogP contribution in [0.15, 0.2) is 24.3 Å². The van der Waals surface area contributed by atoms with Crippen molar-refractivity contribution in [3.63, 3.8) is 0 Å². The van der Waals surface area contributed by atoms with Gasteiger partial charge in [0.25, 0.3) is 0 Å². The summed E-state index contributed by atoms with van der Waals surface area (Å²) in [6.45, 7) is 27.8. The Labute approximate surface area is 216 Å². The molecule has 0 amide bonds. The van der Waals surface area contributed by atoms with Gasteiger partial charge >= 0.3 is 0 Å². The van der Waals surface area contributed by atoms with E-state index in [4.69, 9.17) is 8.85 Å². The van der Waals surface area contributed by atoms with Crippen molar-refractivity contribution in [1.29, 1.82) is 0 Å². The van der Waals surface area contributed by atoms with Crippen molar-refractivity contribution in [1.82, 2.24) is 0 Å². The fraction of sp³-hybridized carbons (Fsp3) is 0.867. The van der Waals surface area contributed by atoms with Crippen molar-refractivity contribution in [2.45, 2.75) is 155 Å². The van der Waals surface area contributed by atoms with Crippen LogP contribution in [0.2, 0.25) is 36.3 Å². The minimum atomic E-state index is -1.80. The predicted octanol–water partition coefficient (Wildman–Crippen LogP) is 10.3. The van der Waals surface area contributed by atoms with Crippen LogP contribution in [0.1, 0.15) is 107 Å². The summed E-state index contributed by atoms with van der Waals surface area (Å²) in [5, 5.41) is 0.250. The molecule has 1 aliphatic carbocycles. The Bertz CT molecular complexity index is 608. The van der Waals surface area contributed by atoms with E-state index in [9.17, 15) is 0 Å². The minimum absolute atomic E-state index is 0.250. The largest absolute Gasteiger partial charge is 0.414 e. The van der Waals surface area contributed by atoms with Gasteiger partial charge in [0.1, 0.15) is 0 Å². The zero-order valence-electron chi connectivity index (χ0n) is 24.8. The predicted molar refractivity (Wildman–Crippen MR) is 158 cm³/mol. The van der Waals surface area contributed by atoms with Gasteiger partial charge in [0.15, 0.2) is 16.6 Å². The second-order valence-electron chi connectivity index (χ2n) is 12.5. The molecule has 0 saturated heterocycles. The van der Waals surface area contributed by atoms with Crippen LogP contribution in [0.3, 0.4) is 0 Å². The van der Waals surface area contributed by atoms with Gasteiger partial charge in [-0.3, -0.25) is 0 Å². The quantitative estimate of drug-likeness (QED) is 0.110. The number of hydrogen-bond donors (Lipinski definition) is 0. The number of allylic oxidation sites excluding steroid dienone is 1. The summed E-state index contributed by atoms with van der Waals surface area (Å²) in [5.41, 5.74) is 1.61. The number of hydrogen-bond acceptors (Lipinski definition) is 2. The van der Waals surface area contributed by atoms with Crippen molar-refractivity contribution in [3.05, 3.63) is 24.3 Å². The molecule has 0 heterocycles. The van der Waals surface area contributed by atoms with Crippen LogP contribution in [0, 0.1) is 11.8 Å². The first-order chi connectivity index (χ1) is 15.9. The first-order valence-electron chi connectivity index (χ1n) is 14.6. The Hall–Kier alpha value is -0.166. The Morgan fingerprint density at radius 3 is 2.18 bits per heavy atom. The smallest absolute Gasteiger partial charge is 0.192 e. The first kappa shape index (κ1) is 31.9. The second-order valence-corrected chi connectivity index (χ2v) is 22.0. The zero-order valence-corrected chi connectivity index (χ0v) is 26.8. The van der Waals surface area contributed by atoms with E-state index < -0.39 is 16.6 Å². The molecule has 4 heteroatoms. The molecule has 0 aromatic carbocycles. The highest BCUT2D eigenvalue weighted by Crippen LogP contribution is 2.41. The average Bonchev–Trinajstić information content (AvgIpc) is 3.15. The maximum atomic E-state index is 7.08. The van der Waals surface area contributed by atoms with Crippen LogP contribution < -0.4 is 0 Å². The highest BCUT2D eigenvalue weighted by Gasteiger charge is 2.41. The Morgan fingerprint density at radius 2 is 1.68 bits per heavy atom. The molecule has 0 aromatic rings. The number of unbranched alkanes of at least 4 members (excludes halogenated alkanes) is 2. The van der Waals surface area contributed by atoms with E-state index in [0.717, 1.165) is 25.7 Å². The van der Waals surface area contributed by atoms with Crippen LogP contribution in [0.4, 0.5) is 0 Å². The summed E-state index contributed by atoms with van der Waals surface area (Å²) in [6, 6.07) is 3.68. The molecule has 200 valence electrons. The summed E-state index contributed by atoms with van der Waals surface area (Å²) in [5.74, 6) is 1.13. The SMILES string of the molecule is C=CC[C@@H]1C(CCC(O[Si](C)(C)C(C)(C)C)C(C)CCCCC)=CC[C@@H]1O[Si](CC)(CC)CC. The van der Waals surface area contributed by atoms with Crippen LogP contribution in [0.25, 0.3) is 0 Å². The third-order valence-corrected chi connectivity index (χ3v) is 18.3. The minimum Gasteiger partial charge on any atom is -0.414 e. The molecule has 0 aliphatic heterocycles. The Morgan fingerprint density at radius 1 is 1.06 bits per heavy atom. The topological polar surface area (TPSA) is 18.5 Å². The maximum absolute atomic E-state index is 7.08. The molecular weight excluding hydrogens is 449 g/mol. The van der Waals surface area contributed by atoms with Crippen LogP contribution >= 0.6 is 0 Å². The Balaban J connectivity index is 2.96. The van der Waals surface area contributed by atoms with Gasteiger partial charge in [-0.05, 0) is 74.3 Å². The molecule has 0 fully saturated rings. The third-order valence-electron chi connectivity index (χ3n) is 9.16. The normalized spacial score (nSPS) is 21.4. The van der Waals surface area contributed by atoms with Gasteiger partial charge in [-0.2, -0.15) is 0 Å². The molecule has 0 bridgehead atoms. The van der Waals surface area contributed by atoms with E-state index >= 15 is 0 Å². The van der Waals surface area contributed by atoms with Crippen molar-refractivity contribution in [3.8, 4) is 0 Å². The van der Waals surface area contributed by atoms with Crippen molar-refractivity contribution in [2.24, 2.45) is 11.8 Å². The van der Waals surface area contributed by atoms with Crippen LogP contribution in [-0.4, -0.2) is 28.8 Å². The van der Waals surface area contributed by atoms with Crippen molar-refractivity contribution >= 4 is 16.6 Å². The van der Waals surface area contributed by atoms with Gasteiger partial charge in [0.2, 0.25) is 0 Å². The van der Waals surface area contributed by atoms with Crippen LogP contribution in [0.5, 0.6) is 0 Å². The molecule has 0 radical (unpaired) electrons. The van der Waals surface area contributed by atoms with Gasteiger partial charge in [-0.1, -0.05) is 92.4 Å². The molecule has 34 heavy (non-hydrogen) atoms. The van der Waals surface area contributed by atoms with Gasteiger partial charge in [0, 0.05) is 12.0 Å². The summed E-state index contributed by atoms with van der Waals surface area (Å²) < 4.78 is 14.1. The van der Waals surface area contributed by atoms with Gasteiger partial charge < -0.3 is 8.85 Å². The zero-order chi connectivity index (χ0) is 26.0. The molecular formula is C30H60O2Si2. The lowest BCUT2D eigenvalue weighted by Gasteiger charge is -2.41. The molecule has 0 aromatic heterocycles. The molecule has 0 saturated carbocycles. The fourth-order valence-corrected chi connectivity index (χ4v) is 9.63. The second kappa shape index (κ2) is 14.5. The molecule has 1 aliphatic rings. The maximum Gasteiger partial charge on any atom is 0.192 e. The third kappa shape index (κ3) is 9.05. The summed E-state index contributed by atoms with van der Waals surface area (Å²) in [4.78, 5) is 0. The Kier molecular flexibility index (Phi) is 13.6. The highest BCUT2D eigenvalue weighted by molar-refractivity contribution is 6.74. The van der Waals surface area contributed by atoms with Gasteiger partial charge in [-0.25, -0.2) is 0 Å². The van der Waals surface area contributed by atoms with Gasteiger partial charge in [-0.15, -0.1) is 6.58 Å². The van der Waals surface area contributed by atoms with E-state index in [0.29, 0.717) is 24.0 Å². The van der Waals surface area contributed by atoms with E-state index in [1.165, 1.54) is 43.8 Å². The van der Waals surface area contributed by atoms with Crippen LogP contribution in [-0.2, 0) is 8.85 Å². The van der Waals surface area contributed by atoms with Crippen molar-refractivity contribution < 1.29 is 8.85 Å². The molecule has 2 nitrogen and oxygen atoms in total. The van der Waals surface area contributed by atoms with E-state index in [1.807, 2.05) is 0 Å². The van der Waals surface area contributed by atoms with Crippen molar-refractivity contribution in [2.75, 3.05) is 0 Å². The standard InChI is InChI=1S/C30H60O2Si2/c1-12-17-18-20-25(6)28(31-33(10,11)30(7,8)9)23-21-26-22-24-29(27(26)19-13-2)32-34(14-3,15-4)16-5/h13,22,25,27-29H,2,12,14-21,23-24H2,1,3-11H3/t25?,27-,28?,29+/m1/s1. The fourth-order valence-electron chi connectivity index (χ4n) is 5.27. The monoisotopic (exact) mass is 508 g/mol. The summed E-state index contributed by atoms with van der Waals surface area (Å²) >= 11 is 0. The lowest BCUT2D eigenvalue weighted by molar-refractivity contribution is 0.108. The molecule has 1 rings (SSSR count). The van der Waals surface area contributed by atoms with Gasteiger partial charge in [0.05, 0.1) is 6.10 Å².